The van der Waals surface area contributed by atoms with Crippen LogP contribution in [0.1, 0.15) is 84.5 Å². The van der Waals surface area contributed by atoms with E-state index in [1.54, 1.807) is 17.8 Å². The molecule has 3 heterocycles. The van der Waals surface area contributed by atoms with Gasteiger partial charge in [0.25, 0.3) is 0 Å². The number of aromatic nitrogens is 1. The molecule has 1 saturated heterocycles. The Bertz CT molecular complexity index is 1610. The topological polar surface area (TPSA) is 156 Å². The first-order chi connectivity index (χ1) is 24.2. The summed E-state index contributed by atoms with van der Waals surface area (Å²) < 4.78 is 18.1. The average Bonchev–Trinajstić information content (AvgIpc) is 3.35. The molecule has 1 aromatic heterocycles. The number of aliphatic carboxylic acids is 1. The fourth-order valence-corrected chi connectivity index (χ4v) is 8.22. The van der Waals surface area contributed by atoms with E-state index in [-0.39, 0.29) is 37.3 Å². The lowest BCUT2D eigenvalue weighted by Crippen LogP contribution is -2.53. The second kappa shape index (κ2) is 15.9. The van der Waals surface area contributed by atoms with E-state index >= 15 is 0 Å². The van der Waals surface area contributed by atoms with Crippen LogP contribution in [0.2, 0.25) is 0 Å². The van der Waals surface area contributed by atoms with Gasteiger partial charge in [0.2, 0.25) is 17.7 Å². The molecule has 4 aliphatic rings. The summed E-state index contributed by atoms with van der Waals surface area (Å²) in [4.78, 5) is 60.7. The number of thioether (sulfide) groups is 1. The third-order valence-corrected chi connectivity index (χ3v) is 11.0. The van der Waals surface area contributed by atoms with Gasteiger partial charge in [0.15, 0.2) is 0 Å². The fraction of sp³-hybridized carbons (Fsp3) is 0.595. The number of fused-ring (bicyclic) bond motifs is 3. The van der Waals surface area contributed by atoms with E-state index in [4.69, 9.17) is 19.2 Å². The van der Waals surface area contributed by atoms with Gasteiger partial charge in [-0.3, -0.25) is 9.59 Å². The molecule has 3 fully saturated rings. The number of amides is 3. The van der Waals surface area contributed by atoms with Gasteiger partial charge >= 0.3 is 12.1 Å². The molecule has 2 aromatic rings. The Morgan fingerprint density at radius 1 is 1.12 bits per heavy atom. The van der Waals surface area contributed by atoms with Gasteiger partial charge in [-0.1, -0.05) is 31.6 Å². The number of nitrogens with zero attached hydrogens (tertiary/aromatic N) is 2. The Balaban J connectivity index is 1.27. The molecule has 2 aliphatic carbocycles. The summed E-state index contributed by atoms with van der Waals surface area (Å²) in [5, 5.41) is 16.7. The SMILES string of the molecule is CCOc1cc(O[C@@H]2C[C@H]3C(=O)N[C@]4(C(=O)O)C[C@H]4/C=C\CCCC[C@H](NC(=O)OC4CCCC4)CC(=O)N3C2)c2cccc(SCC)c2n1. The van der Waals surface area contributed by atoms with E-state index in [1.165, 1.54) is 4.90 Å². The van der Waals surface area contributed by atoms with Crippen LogP contribution >= 0.6 is 11.8 Å². The van der Waals surface area contributed by atoms with Crippen LogP contribution in [0.5, 0.6) is 11.6 Å². The summed E-state index contributed by atoms with van der Waals surface area (Å²) in [6.45, 7) is 4.48. The number of carboxylic acids is 1. The average molecular weight is 709 g/mol. The van der Waals surface area contributed by atoms with Crippen molar-refractivity contribution in [3.05, 3.63) is 36.4 Å². The number of rotatable bonds is 9. The van der Waals surface area contributed by atoms with Gasteiger partial charge in [0.05, 0.1) is 18.7 Å². The molecule has 0 radical (unpaired) electrons. The molecule has 50 heavy (non-hydrogen) atoms. The predicted molar refractivity (Wildman–Crippen MR) is 188 cm³/mol. The first-order valence-electron chi connectivity index (χ1n) is 18.1. The molecule has 0 bridgehead atoms. The largest absolute Gasteiger partial charge is 0.488 e. The number of carbonyl (C=O) groups excluding carboxylic acids is 3. The summed E-state index contributed by atoms with van der Waals surface area (Å²) in [5.74, 6) is -0.471. The van der Waals surface area contributed by atoms with Crippen molar-refractivity contribution in [2.45, 2.75) is 119 Å². The Morgan fingerprint density at radius 2 is 1.92 bits per heavy atom. The summed E-state index contributed by atoms with van der Waals surface area (Å²) >= 11 is 1.66. The molecule has 3 N–H and O–H groups in total. The minimum Gasteiger partial charge on any atom is -0.488 e. The van der Waals surface area contributed by atoms with Crippen LogP contribution < -0.4 is 20.1 Å². The zero-order valence-electron chi connectivity index (χ0n) is 28.9. The molecule has 5 atom stereocenters. The van der Waals surface area contributed by atoms with Crippen molar-refractivity contribution in [3.63, 3.8) is 0 Å². The van der Waals surface area contributed by atoms with E-state index in [2.05, 4.69) is 17.6 Å². The van der Waals surface area contributed by atoms with Crippen molar-refractivity contribution in [2.75, 3.05) is 18.9 Å². The smallest absolute Gasteiger partial charge is 0.407 e. The summed E-state index contributed by atoms with van der Waals surface area (Å²) in [5.41, 5.74) is -0.659. The Hall–Kier alpha value is -4.00. The fourth-order valence-electron chi connectivity index (χ4n) is 7.44. The Kier molecular flexibility index (Phi) is 11.4. The zero-order valence-corrected chi connectivity index (χ0v) is 29.7. The number of allylic oxidation sites excluding steroid dienone is 1. The number of para-hydroxylation sites is 1. The first-order valence-corrected chi connectivity index (χ1v) is 19.0. The lowest BCUT2D eigenvalue weighted by Gasteiger charge is -2.27. The summed E-state index contributed by atoms with van der Waals surface area (Å²) in [6, 6.07) is 6.17. The molecule has 3 amide bonds. The van der Waals surface area contributed by atoms with Crippen molar-refractivity contribution in [1.82, 2.24) is 20.5 Å². The van der Waals surface area contributed by atoms with Gasteiger partial charge in [-0.05, 0) is 76.2 Å². The second-order valence-corrected chi connectivity index (χ2v) is 15.0. The predicted octanol–water partition coefficient (Wildman–Crippen LogP) is 5.61. The van der Waals surface area contributed by atoms with Crippen molar-refractivity contribution < 1.29 is 38.5 Å². The zero-order chi connectivity index (χ0) is 35.3. The number of nitrogens with one attached hydrogen (secondary N) is 2. The van der Waals surface area contributed by atoms with Gasteiger partial charge in [0, 0.05) is 41.1 Å². The van der Waals surface area contributed by atoms with E-state index < -0.39 is 41.7 Å². The van der Waals surface area contributed by atoms with Crippen LogP contribution in [0.25, 0.3) is 10.9 Å². The third-order valence-electron chi connectivity index (χ3n) is 10.1. The number of alkyl carbamates (subject to hydrolysis) is 1. The number of hydrogen-bond donors (Lipinski definition) is 3. The quantitative estimate of drug-likeness (QED) is 0.221. The Morgan fingerprint density at radius 3 is 2.68 bits per heavy atom. The number of pyridine rings is 1. The van der Waals surface area contributed by atoms with Crippen LogP contribution in [0.3, 0.4) is 0 Å². The van der Waals surface area contributed by atoms with E-state index in [1.807, 2.05) is 37.3 Å². The maximum absolute atomic E-state index is 14.1. The molecule has 13 heteroatoms. The van der Waals surface area contributed by atoms with Gasteiger partial charge in [0.1, 0.15) is 29.5 Å². The van der Waals surface area contributed by atoms with Crippen LogP contribution in [-0.4, -0.2) is 87.6 Å². The van der Waals surface area contributed by atoms with Gasteiger partial charge in [-0.25, -0.2) is 14.6 Å². The van der Waals surface area contributed by atoms with E-state index in [0.29, 0.717) is 31.1 Å². The number of carboxylic acid groups (broad SMARTS) is 1. The van der Waals surface area contributed by atoms with Crippen molar-refractivity contribution in [3.8, 4) is 11.6 Å². The van der Waals surface area contributed by atoms with E-state index in [0.717, 1.165) is 66.5 Å². The minimum atomic E-state index is -1.41. The highest BCUT2D eigenvalue weighted by Crippen LogP contribution is 2.45. The maximum Gasteiger partial charge on any atom is 0.407 e. The number of carbonyl (C=O) groups is 4. The molecule has 6 rings (SSSR count). The first kappa shape index (κ1) is 35.8. The summed E-state index contributed by atoms with van der Waals surface area (Å²) in [6.07, 6.45) is 9.65. The molecule has 0 spiro atoms. The number of hydrogen-bond acceptors (Lipinski definition) is 9. The molecular formula is C37H48N4O8S. The molecular weight excluding hydrogens is 660 g/mol. The van der Waals surface area contributed by atoms with Gasteiger partial charge in [-0.2, -0.15) is 0 Å². The van der Waals surface area contributed by atoms with E-state index in [9.17, 15) is 24.3 Å². The van der Waals surface area contributed by atoms with Crippen LogP contribution in [0, 0.1) is 5.92 Å². The van der Waals surface area contributed by atoms with Crippen LogP contribution in [0.15, 0.2) is 41.3 Å². The standard InChI is InChI=1S/C37H48N4O8S/c1-3-47-31-20-29(27-16-11-17-30(50-4-2)33(27)39-31)48-26-19-28-34(43)40-37(35(44)45)21-23(37)12-7-5-6-8-13-24(18-32(42)41(28)22-26)38-36(46)49-25-14-9-10-15-25/h7,11-12,16-17,20,23-26,28H,3-6,8-10,13-15,18-19,21-22H2,1-2H3,(H,38,46)(H,40,43)(H,44,45)/b12-7-/t23-,24+,26-,28+,37-/m1/s1. The van der Waals surface area contributed by atoms with Crippen molar-refractivity contribution in [1.29, 1.82) is 0 Å². The molecule has 12 nitrogen and oxygen atoms in total. The molecule has 2 saturated carbocycles. The number of benzene rings is 1. The monoisotopic (exact) mass is 708 g/mol. The van der Waals surface area contributed by atoms with Gasteiger partial charge < -0.3 is 34.9 Å². The maximum atomic E-state index is 14.1. The third kappa shape index (κ3) is 8.14. The lowest BCUT2D eigenvalue weighted by atomic mass is 10.0. The normalized spacial score (nSPS) is 28.1. The molecule has 270 valence electrons. The van der Waals surface area contributed by atoms with Crippen LogP contribution in [0.4, 0.5) is 4.79 Å². The highest BCUT2D eigenvalue weighted by Gasteiger charge is 2.61. The van der Waals surface area contributed by atoms with Crippen molar-refractivity contribution in [2.24, 2.45) is 5.92 Å². The molecule has 1 aromatic carbocycles. The van der Waals surface area contributed by atoms with Crippen molar-refractivity contribution >= 4 is 46.5 Å². The van der Waals surface area contributed by atoms with Crippen LogP contribution in [-0.2, 0) is 19.1 Å². The molecule has 2 aliphatic heterocycles. The Labute approximate surface area is 297 Å². The number of ether oxygens (including phenoxy) is 3. The highest BCUT2D eigenvalue weighted by atomic mass is 32.2. The minimum absolute atomic E-state index is 0.0247. The van der Waals surface area contributed by atoms with Gasteiger partial charge in [-0.15, -0.1) is 11.8 Å². The molecule has 0 unspecified atom stereocenters. The lowest BCUT2D eigenvalue weighted by molar-refractivity contribution is -0.145. The highest BCUT2D eigenvalue weighted by molar-refractivity contribution is 7.99. The summed E-state index contributed by atoms with van der Waals surface area (Å²) in [7, 11) is 0. The second-order valence-electron chi connectivity index (χ2n) is 13.7.